The number of nitrogens with zero attached hydrogens (tertiary/aromatic N) is 4. The van der Waals surface area contributed by atoms with Gasteiger partial charge in [0.25, 0.3) is 5.91 Å². The van der Waals surface area contributed by atoms with Crippen molar-refractivity contribution in [3.05, 3.63) is 65.5 Å². The highest BCUT2D eigenvalue weighted by Gasteiger charge is 2.27. The van der Waals surface area contributed by atoms with Gasteiger partial charge in [-0.1, -0.05) is 57.2 Å². The van der Waals surface area contributed by atoms with Crippen LogP contribution in [-0.4, -0.2) is 51.7 Å². The molecule has 1 amide bonds. The Labute approximate surface area is 172 Å². The molecule has 1 fully saturated rings. The SMILES string of the molecule is Cn1nc(C(C)(C)C)cc1C(=O)N1CCN(Cc2ccc3ccccc3c2)CC1. The number of aryl methyl sites for hydroxylation is 1. The fraction of sp³-hybridized carbons (Fsp3) is 0.417. The highest BCUT2D eigenvalue weighted by Crippen LogP contribution is 2.22. The molecule has 29 heavy (non-hydrogen) atoms. The van der Waals surface area contributed by atoms with E-state index in [2.05, 4.69) is 73.2 Å². The van der Waals surface area contributed by atoms with Crippen LogP contribution in [0.1, 0.15) is 42.5 Å². The second kappa shape index (κ2) is 7.64. The van der Waals surface area contributed by atoms with Crippen LogP contribution in [-0.2, 0) is 19.0 Å². The Bertz CT molecular complexity index is 1020. The van der Waals surface area contributed by atoms with E-state index in [0.29, 0.717) is 5.69 Å². The summed E-state index contributed by atoms with van der Waals surface area (Å²) in [6.45, 7) is 10.6. The van der Waals surface area contributed by atoms with Gasteiger partial charge in [-0.25, -0.2) is 0 Å². The third-order valence-corrected chi connectivity index (χ3v) is 5.75. The summed E-state index contributed by atoms with van der Waals surface area (Å²) in [7, 11) is 1.86. The molecule has 1 saturated heterocycles. The molecule has 3 aromatic rings. The number of carbonyl (C=O) groups is 1. The molecule has 0 aliphatic carbocycles. The number of rotatable bonds is 3. The molecule has 0 N–H and O–H groups in total. The van der Waals surface area contributed by atoms with Gasteiger partial charge in [0.05, 0.1) is 5.69 Å². The van der Waals surface area contributed by atoms with Gasteiger partial charge in [-0.15, -0.1) is 0 Å². The zero-order valence-corrected chi connectivity index (χ0v) is 17.9. The fourth-order valence-corrected chi connectivity index (χ4v) is 3.90. The summed E-state index contributed by atoms with van der Waals surface area (Å²) in [6, 6.07) is 17.1. The first kappa shape index (κ1) is 19.6. The van der Waals surface area contributed by atoms with Gasteiger partial charge in [0.15, 0.2) is 0 Å². The lowest BCUT2D eigenvalue weighted by atomic mass is 9.92. The van der Waals surface area contributed by atoms with Crippen LogP contribution in [0.5, 0.6) is 0 Å². The summed E-state index contributed by atoms with van der Waals surface area (Å²) >= 11 is 0. The number of hydrogen-bond donors (Lipinski definition) is 0. The number of carbonyl (C=O) groups excluding carboxylic acids is 1. The minimum absolute atomic E-state index is 0.0607. The lowest BCUT2D eigenvalue weighted by Crippen LogP contribution is -2.48. The molecular weight excluding hydrogens is 360 g/mol. The first-order valence-corrected chi connectivity index (χ1v) is 10.3. The van der Waals surface area contributed by atoms with E-state index in [-0.39, 0.29) is 11.3 Å². The molecular formula is C24H30N4O. The van der Waals surface area contributed by atoms with Gasteiger partial charge in [-0.2, -0.15) is 5.10 Å². The normalized spacial score (nSPS) is 15.8. The summed E-state index contributed by atoms with van der Waals surface area (Å²) in [5.41, 5.74) is 2.90. The van der Waals surface area contributed by atoms with Crippen molar-refractivity contribution in [1.29, 1.82) is 0 Å². The van der Waals surface area contributed by atoms with Crippen LogP contribution in [0.3, 0.4) is 0 Å². The second-order valence-electron chi connectivity index (χ2n) is 9.04. The molecule has 1 aliphatic rings. The molecule has 1 aromatic heterocycles. The van der Waals surface area contributed by atoms with Gasteiger partial charge in [-0.05, 0) is 28.5 Å². The van der Waals surface area contributed by atoms with Crippen molar-refractivity contribution in [3.63, 3.8) is 0 Å². The lowest BCUT2D eigenvalue weighted by molar-refractivity contribution is 0.0618. The average Bonchev–Trinajstić information content (AvgIpc) is 3.10. The molecule has 0 atom stereocenters. The third-order valence-electron chi connectivity index (χ3n) is 5.75. The Morgan fingerprint density at radius 3 is 2.31 bits per heavy atom. The average molecular weight is 391 g/mol. The van der Waals surface area contributed by atoms with Crippen LogP contribution < -0.4 is 0 Å². The van der Waals surface area contributed by atoms with Crippen molar-refractivity contribution in [3.8, 4) is 0 Å². The predicted octanol–water partition coefficient (Wildman–Crippen LogP) is 3.83. The molecule has 0 spiro atoms. The van der Waals surface area contributed by atoms with E-state index in [1.54, 1.807) is 4.68 Å². The van der Waals surface area contributed by atoms with Crippen molar-refractivity contribution in [1.82, 2.24) is 19.6 Å². The molecule has 4 rings (SSSR count). The molecule has 152 valence electrons. The number of piperazine rings is 1. The van der Waals surface area contributed by atoms with Gasteiger partial charge in [0.2, 0.25) is 0 Å². The molecule has 5 nitrogen and oxygen atoms in total. The summed E-state index contributed by atoms with van der Waals surface area (Å²) in [6.07, 6.45) is 0. The Morgan fingerprint density at radius 1 is 0.966 bits per heavy atom. The van der Waals surface area contributed by atoms with E-state index in [1.165, 1.54) is 16.3 Å². The molecule has 2 aromatic carbocycles. The largest absolute Gasteiger partial charge is 0.335 e. The summed E-state index contributed by atoms with van der Waals surface area (Å²) in [5, 5.41) is 7.11. The van der Waals surface area contributed by atoms with Crippen molar-refractivity contribution in [2.24, 2.45) is 7.05 Å². The third kappa shape index (κ3) is 4.20. The van der Waals surface area contributed by atoms with E-state index in [4.69, 9.17) is 0 Å². The van der Waals surface area contributed by atoms with Crippen LogP contribution in [0.25, 0.3) is 10.8 Å². The molecule has 0 bridgehead atoms. The Hall–Kier alpha value is -2.66. The fourth-order valence-electron chi connectivity index (χ4n) is 3.90. The highest BCUT2D eigenvalue weighted by molar-refractivity contribution is 5.92. The first-order valence-electron chi connectivity index (χ1n) is 10.3. The van der Waals surface area contributed by atoms with Crippen LogP contribution in [0.4, 0.5) is 0 Å². The summed E-state index contributed by atoms with van der Waals surface area (Å²) in [5.74, 6) is 0.0841. The van der Waals surface area contributed by atoms with E-state index < -0.39 is 0 Å². The smallest absolute Gasteiger partial charge is 0.272 e. The number of hydrogen-bond acceptors (Lipinski definition) is 3. The van der Waals surface area contributed by atoms with E-state index in [1.807, 2.05) is 18.0 Å². The molecule has 0 radical (unpaired) electrons. The first-order chi connectivity index (χ1) is 13.8. The number of benzene rings is 2. The molecule has 0 saturated carbocycles. The van der Waals surface area contributed by atoms with Gasteiger partial charge in [0.1, 0.15) is 5.69 Å². The van der Waals surface area contributed by atoms with Gasteiger partial charge < -0.3 is 4.90 Å². The minimum atomic E-state index is -0.0607. The maximum Gasteiger partial charge on any atom is 0.272 e. The van der Waals surface area contributed by atoms with Crippen molar-refractivity contribution in [2.75, 3.05) is 26.2 Å². The van der Waals surface area contributed by atoms with Crippen LogP contribution in [0.2, 0.25) is 0 Å². The number of amides is 1. The topological polar surface area (TPSA) is 41.4 Å². The second-order valence-corrected chi connectivity index (χ2v) is 9.04. The molecule has 0 unspecified atom stereocenters. The van der Waals surface area contributed by atoms with E-state index in [9.17, 15) is 4.79 Å². The maximum absolute atomic E-state index is 13.0. The minimum Gasteiger partial charge on any atom is -0.335 e. The Kier molecular flexibility index (Phi) is 5.17. The quantitative estimate of drug-likeness (QED) is 0.683. The van der Waals surface area contributed by atoms with Crippen LogP contribution in [0.15, 0.2) is 48.5 Å². The maximum atomic E-state index is 13.0. The monoisotopic (exact) mass is 390 g/mol. The Morgan fingerprint density at radius 2 is 1.66 bits per heavy atom. The van der Waals surface area contributed by atoms with Gasteiger partial charge in [-0.3, -0.25) is 14.4 Å². The number of aromatic nitrogens is 2. The highest BCUT2D eigenvalue weighted by atomic mass is 16.2. The van der Waals surface area contributed by atoms with Crippen molar-refractivity contribution in [2.45, 2.75) is 32.7 Å². The Balaban J connectivity index is 1.38. The van der Waals surface area contributed by atoms with Gasteiger partial charge in [0, 0.05) is 45.2 Å². The van der Waals surface area contributed by atoms with Crippen LogP contribution >= 0.6 is 0 Å². The number of fused-ring (bicyclic) bond motifs is 1. The van der Waals surface area contributed by atoms with E-state index >= 15 is 0 Å². The molecule has 5 heteroatoms. The standard InChI is InChI=1S/C24H30N4O/c1-24(2,3)22-16-21(26(4)25-22)23(29)28-13-11-27(12-14-28)17-18-9-10-19-7-5-6-8-20(19)15-18/h5-10,15-16H,11-14,17H2,1-4H3. The molecule has 1 aliphatic heterocycles. The zero-order chi connectivity index (χ0) is 20.6. The van der Waals surface area contributed by atoms with Crippen molar-refractivity contribution < 1.29 is 4.79 Å². The van der Waals surface area contributed by atoms with Gasteiger partial charge >= 0.3 is 0 Å². The van der Waals surface area contributed by atoms with Crippen LogP contribution in [0, 0.1) is 0 Å². The summed E-state index contributed by atoms with van der Waals surface area (Å²) < 4.78 is 1.73. The molecule has 2 heterocycles. The predicted molar refractivity (Wildman–Crippen MR) is 117 cm³/mol. The lowest BCUT2D eigenvalue weighted by Gasteiger charge is -2.34. The zero-order valence-electron chi connectivity index (χ0n) is 17.9. The van der Waals surface area contributed by atoms with Crippen molar-refractivity contribution >= 4 is 16.7 Å². The summed E-state index contributed by atoms with van der Waals surface area (Å²) in [4.78, 5) is 17.4. The van der Waals surface area contributed by atoms with E-state index in [0.717, 1.165) is 38.4 Å².